The molecule has 0 aromatic rings. The smallest absolute Gasteiger partial charge is 0.216 e. The highest BCUT2D eigenvalue weighted by molar-refractivity contribution is 7.86. The average Bonchev–Trinajstić information content (AvgIpc) is 2.59. The molecule has 72 valence electrons. The second kappa shape index (κ2) is 2.67. The summed E-state index contributed by atoms with van der Waals surface area (Å²) >= 11 is 0. The Morgan fingerprint density at radius 1 is 1.46 bits per heavy atom. The topological polar surface area (TPSA) is 87.2 Å². The first-order valence-electron chi connectivity index (χ1n) is 4.21. The lowest BCUT2D eigenvalue weighted by Crippen LogP contribution is -2.43. The van der Waals surface area contributed by atoms with Crippen molar-refractivity contribution in [2.75, 3.05) is 6.54 Å². The van der Waals surface area contributed by atoms with E-state index >= 15 is 0 Å². The first-order chi connectivity index (χ1) is 6.02. The van der Waals surface area contributed by atoms with Crippen molar-refractivity contribution in [3.05, 3.63) is 0 Å². The normalized spacial score (nSPS) is 39.2. The van der Waals surface area contributed by atoms with Crippen LogP contribution < -0.4 is 5.14 Å². The van der Waals surface area contributed by atoms with Gasteiger partial charge in [-0.2, -0.15) is 18.0 Å². The van der Waals surface area contributed by atoms with Crippen molar-refractivity contribution in [1.29, 1.82) is 5.26 Å². The van der Waals surface area contributed by atoms with E-state index in [1.807, 2.05) is 0 Å². The van der Waals surface area contributed by atoms with Gasteiger partial charge in [0.1, 0.15) is 0 Å². The molecule has 0 aromatic carbocycles. The summed E-state index contributed by atoms with van der Waals surface area (Å²) < 4.78 is 23.4. The molecule has 1 saturated carbocycles. The molecule has 2 bridgehead atoms. The minimum atomic E-state index is -3.54. The highest BCUT2D eigenvalue weighted by atomic mass is 32.2. The van der Waals surface area contributed by atoms with Crippen LogP contribution in [0.15, 0.2) is 0 Å². The zero-order chi connectivity index (χ0) is 9.64. The summed E-state index contributed by atoms with van der Waals surface area (Å²) in [5.74, 6) is 0.233. The molecule has 3 unspecified atom stereocenters. The van der Waals surface area contributed by atoms with E-state index in [0.717, 1.165) is 6.42 Å². The third-order valence-electron chi connectivity index (χ3n) is 2.98. The Kier molecular flexibility index (Phi) is 1.84. The van der Waals surface area contributed by atoms with Gasteiger partial charge in [-0.1, -0.05) is 0 Å². The number of nitriles is 1. The molecule has 13 heavy (non-hydrogen) atoms. The third kappa shape index (κ3) is 1.33. The van der Waals surface area contributed by atoms with Crippen molar-refractivity contribution < 1.29 is 8.42 Å². The first kappa shape index (κ1) is 8.94. The minimum absolute atomic E-state index is 0.0235. The largest absolute Gasteiger partial charge is 0.277 e. The molecule has 0 amide bonds. The van der Waals surface area contributed by atoms with Gasteiger partial charge in [0, 0.05) is 12.6 Å². The maximum atomic E-state index is 11.0. The number of hydrogen-bond donors (Lipinski definition) is 1. The van der Waals surface area contributed by atoms with Crippen LogP contribution in [0.2, 0.25) is 0 Å². The van der Waals surface area contributed by atoms with Gasteiger partial charge in [0.15, 0.2) is 0 Å². The van der Waals surface area contributed by atoms with Crippen LogP contribution in [-0.4, -0.2) is 25.3 Å². The van der Waals surface area contributed by atoms with Crippen molar-refractivity contribution in [2.45, 2.75) is 18.9 Å². The number of piperidine rings is 1. The van der Waals surface area contributed by atoms with Gasteiger partial charge in [-0.15, -0.1) is 0 Å². The zero-order valence-electron chi connectivity index (χ0n) is 7.05. The van der Waals surface area contributed by atoms with Gasteiger partial charge in [0.25, 0.3) is 10.2 Å². The average molecular weight is 201 g/mol. The fourth-order valence-electron chi connectivity index (χ4n) is 2.38. The lowest BCUT2D eigenvalue weighted by molar-refractivity contribution is 0.299. The Bertz CT molecular complexity index is 358. The van der Waals surface area contributed by atoms with Crippen LogP contribution in [0, 0.1) is 23.2 Å². The van der Waals surface area contributed by atoms with Crippen LogP contribution in [0.5, 0.6) is 0 Å². The number of nitrogens with zero attached hydrogens (tertiary/aromatic N) is 2. The standard InChI is InChI=1S/C7H11N3O2S/c8-3-5-1-7-2-6(5)4-10(7)13(9,11)12/h5-7H,1-2,4H2,(H2,9,11,12). The Hall–Kier alpha value is -0.640. The quantitative estimate of drug-likeness (QED) is 0.616. The van der Waals surface area contributed by atoms with E-state index in [-0.39, 0.29) is 17.9 Å². The second-order valence-electron chi connectivity index (χ2n) is 3.74. The predicted octanol–water partition coefficient (Wildman–Crippen LogP) is -0.576. The Morgan fingerprint density at radius 3 is 2.54 bits per heavy atom. The molecule has 1 saturated heterocycles. The van der Waals surface area contributed by atoms with Crippen LogP contribution in [0.3, 0.4) is 0 Å². The third-order valence-corrected chi connectivity index (χ3v) is 4.09. The van der Waals surface area contributed by atoms with Crippen molar-refractivity contribution in [1.82, 2.24) is 4.31 Å². The van der Waals surface area contributed by atoms with Gasteiger partial charge in [0.2, 0.25) is 0 Å². The van der Waals surface area contributed by atoms with E-state index in [2.05, 4.69) is 6.07 Å². The minimum Gasteiger partial charge on any atom is -0.216 e. The van der Waals surface area contributed by atoms with E-state index in [1.165, 1.54) is 4.31 Å². The Morgan fingerprint density at radius 2 is 2.15 bits per heavy atom. The van der Waals surface area contributed by atoms with Crippen molar-refractivity contribution in [3.63, 3.8) is 0 Å². The first-order valence-corrected chi connectivity index (χ1v) is 5.72. The summed E-state index contributed by atoms with van der Waals surface area (Å²) in [7, 11) is -3.54. The second-order valence-corrected chi connectivity index (χ2v) is 5.23. The van der Waals surface area contributed by atoms with Crippen LogP contribution in [0.1, 0.15) is 12.8 Å². The highest BCUT2D eigenvalue weighted by Crippen LogP contribution is 2.42. The van der Waals surface area contributed by atoms with Crippen molar-refractivity contribution >= 4 is 10.2 Å². The van der Waals surface area contributed by atoms with Gasteiger partial charge in [-0.05, 0) is 18.8 Å². The molecule has 2 fully saturated rings. The predicted molar refractivity (Wildman–Crippen MR) is 45.4 cm³/mol. The molecule has 2 N–H and O–H groups in total. The zero-order valence-corrected chi connectivity index (χ0v) is 7.87. The lowest BCUT2D eigenvalue weighted by Gasteiger charge is -2.25. The van der Waals surface area contributed by atoms with Crippen molar-refractivity contribution in [2.24, 2.45) is 17.0 Å². The summed E-state index contributed by atoms with van der Waals surface area (Å²) in [4.78, 5) is 0. The molecule has 5 nitrogen and oxygen atoms in total. The molecule has 0 spiro atoms. The van der Waals surface area contributed by atoms with E-state index in [1.54, 1.807) is 0 Å². The van der Waals surface area contributed by atoms with E-state index in [0.29, 0.717) is 13.0 Å². The van der Waals surface area contributed by atoms with Gasteiger partial charge >= 0.3 is 0 Å². The van der Waals surface area contributed by atoms with Gasteiger partial charge in [-0.3, -0.25) is 0 Å². The van der Waals surface area contributed by atoms with E-state index in [4.69, 9.17) is 10.4 Å². The molecule has 2 aliphatic rings. The molecule has 2 rings (SSSR count). The molecular weight excluding hydrogens is 190 g/mol. The molecule has 0 aromatic heterocycles. The van der Waals surface area contributed by atoms with Crippen LogP contribution >= 0.6 is 0 Å². The maximum Gasteiger partial charge on any atom is 0.277 e. The van der Waals surface area contributed by atoms with Gasteiger partial charge in [-0.25, -0.2) is 5.14 Å². The number of rotatable bonds is 1. The number of hydrogen-bond acceptors (Lipinski definition) is 3. The summed E-state index contributed by atoms with van der Waals surface area (Å²) in [5, 5.41) is 13.8. The number of nitrogens with two attached hydrogens (primary N) is 1. The van der Waals surface area contributed by atoms with Crippen LogP contribution in [-0.2, 0) is 10.2 Å². The summed E-state index contributed by atoms with van der Waals surface area (Å²) in [5.41, 5.74) is 0. The molecule has 1 aliphatic heterocycles. The monoisotopic (exact) mass is 201 g/mol. The Labute approximate surface area is 77.3 Å². The van der Waals surface area contributed by atoms with Crippen LogP contribution in [0.25, 0.3) is 0 Å². The molecule has 1 aliphatic carbocycles. The highest BCUT2D eigenvalue weighted by Gasteiger charge is 2.48. The number of fused-ring (bicyclic) bond motifs is 2. The van der Waals surface area contributed by atoms with Crippen LogP contribution in [0.4, 0.5) is 0 Å². The molecule has 3 atom stereocenters. The van der Waals surface area contributed by atoms with Crippen molar-refractivity contribution in [3.8, 4) is 6.07 Å². The summed E-state index contributed by atoms with van der Waals surface area (Å²) in [6, 6.07) is 2.18. The summed E-state index contributed by atoms with van der Waals surface area (Å²) in [6.07, 6.45) is 1.45. The van der Waals surface area contributed by atoms with E-state index < -0.39 is 10.2 Å². The summed E-state index contributed by atoms with van der Waals surface area (Å²) in [6.45, 7) is 0.432. The van der Waals surface area contributed by atoms with Gasteiger partial charge in [0.05, 0.1) is 12.0 Å². The SMILES string of the molecule is N#CC1CC2CC1CN2S(N)(=O)=O. The molecule has 0 radical (unpaired) electrons. The maximum absolute atomic E-state index is 11.0. The Balaban J connectivity index is 2.17. The molecule has 1 heterocycles. The molecular formula is C7H11N3O2S. The fourth-order valence-corrected chi connectivity index (χ4v) is 3.37. The molecule has 6 heteroatoms. The van der Waals surface area contributed by atoms with Gasteiger partial charge < -0.3 is 0 Å². The van der Waals surface area contributed by atoms with E-state index in [9.17, 15) is 8.42 Å². The fraction of sp³-hybridized carbons (Fsp3) is 0.857. The lowest BCUT2D eigenvalue weighted by atomic mass is 9.97.